The van der Waals surface area contributed by atoms with Gasteiger partial charge >= 0.3 is 0 Å². The van der Waals surface area contributed by atoms with Gasteiger partial charge in [0.15, 0.2) is 0 Å². The molecule has 0 spiro atoms. The third-order valence-corrected chi connectivity index (χ3v) is 2.33. The van der Waals surface area contributed by atoms with Crippen molar-refractivity contribution in [2.75, 3.05) is 0 Å². The molecule has 2 aromatic heterocycles. The van der Waals surface area contributed by atoms with Gasteiger partial charge in [-0.25, -0.2) is 0 Å². The van der Waals surface area contributed by atoms with Gasteiger partial charge in [0, 0.05) is 5.39 Å². The molecule has 0 aliphatic rings. The van der Waals surface area contributed by atoms with Crippen molar-refractivity contribution in [3.63, 3.8) is 0 Å². The van der Waals surface area contributed by atoms with Crippen molar-refractivity contribution < 1.29 is 4.42 Å². The molecule has 3 heteroatoms. The fourth-order valence-corrected chi connectivity index (χ4v) is 1.64. The number of furan rings is 1. The molecule has 3 rings (SSSR count). The second kappa shape index (κ2) is 2.48. The summed E-state index contributed by atoms with van der Waals surface area (Å²) < 4.78 is 5.15. The van der Waals surface area contributed by atoms with E-state index in [1.165, 1.54) is 6.26 Å². The van der Waals surface area contributed by atoms with Crippen LogP contribution in [0, 0.1) is 0 Å². The maximum atomic E-state index is 11.9. The van der Waals surface area contributed by atoms with E-state index in [1.54, 1.807) is 12.1 Å². The molecule has 1 aromatic carbocycles. The van der Waals surface area contributed by atoms with Gasteiger partial charge in [0.1, 0.15) is 0 Å². The van der Waals surface area contributed by atoms with E-state index in [2.05, 4.69) is 4.98 Å². The van der Waals surface area contributed by atoms with Crippen LogP contribution < -0.4 is 5.43 Å². The number of pyridine rings is 1. The lowest BCUT2D eigenvalue weighted by Crippen LogP contribution is -2.01. The Labute approximate surface area is 79.0 Å². The van der Waals surface area contributed by atoms with Crippen LogP contribution in [0.15, 0.2) is 45.8 Å². The first-order valence-corrected chi connectivity index (χ1v) is 4.34. The minimum Gasteiger partial charge on any atom is -0.448 e. The molecule has 0 aliphatic carbocycles. The molecule has 0 bridgehead atoms. The van der Waals surface area contributed by atoms with Crippen LogP contribution in [0.2, 0.25) is 0 Å². The number of hydrogen-bond acceptors (Lipinski definition) is 2. The van der Waals surface area contributed by atoms with Crippen molar-refractivity contribution in [3.05, 3.63) is 46.8 Å². The Balaban J connectivity index is 2.70. The molecule has 0 radical (unpaired) electrons. The monoisotopic (exact) mass is 185 g/mol. The van der Waals surface area contributed by atoms with Crippen LogP contribution in [0.1, 0.15) is 0 Å². The Kier molecular flexibility index (Phi) is 1.31. The van der Waals surface area contributed by atoms with E-state index in [1.807, 2.05) is 18.2 Å². The average molecular weight is 185 g/mol. The largest absolute Gasteiger partial charge is 0.448 e. The number of hydrogen-bond donors (Lipinski definition) is 1. The van der Waals surface area contributed by atoms with Crippen molar-refractivity contribution in [2.45, 2.75) is 0 Å². The zero-order chi connectivity index (χ0) is 9.54. The fraction of sp³-hybridized carbons (Fsp3) is 0. The Hall–Kier alpha value is -2.03. The van der Waals surface area contributed by atoms with E-state index in [4.69, 9.17) is 4.42 Å². The van der Waals surface area contributed by atoms with Gasteiger partial charge < -0.3 is 9.40 Å². The first-order valence-electron chi connectivity index (χ1n) is 4.34. The van der Waals surface area contributed by atoms with Crippen LogP contribution >= 0.6 is 0 Å². The minimum absolute atomic E-state index is 0.0168. The third kappa shape index (κ3) is 0.836. The average Bonchev–Trinajstić information content (AvgIpc) is 2.66. The number of nitrogens with one attached hydrogen (secondary N) is 1. The number of aromatic nitrogens is 1. The van der Waals surface area contributed by atoms with E-state index in [9.17, 15) is 4.79 Å². The molecule has 3 aromatic rings. The summed E-state index contributed by atoms with van der Waals surface area (Å²) in [5, 5.41) is 1.30. The van der Waals surface area contributed by atoms with Crippen LogP contribution in [0.4, 0.5) is 0 Å². The summed E-state index contributed by atoms with van der Waals surface area (Å²) in [6, 6.07) is 9.08. The highest BCUT2D eigenvalue weighted by atomic mass is 16.3. The Morgan fingerprint density at radius 1 is 1.07 bits per heavy atom. The zero-order valence-corrected chi connectivity index (χ0v) is 7.28. The quantitative estimate of drug-likeness (QED) is 0.584. The predicted octanol–water partition coefficient (Wildman–Crippen LogP) is 2.27. The van der Waals surface area contributed by atoms with Crippen LogP contribution in [-0.2, 0) is 0 Å². The second-order valence-electron chi connectivity index (χ2n) is 3.16. The smallest absolute Gasteiger partial charge is 0.208 e. The van der Waals surface area contributed by atoms with Gasteiger partial charge in [-0.1, -0.05) is 12.1 Å². The minimum atomic E-state index is 0.0168. The molecule has 68 valence electrons. The van der Waals surface area contributed by atoms with Gasteiger partial charge in [0.25, 0.3) is 0 Å². The lowest BCUT2D eigenvalue weighted by molar-refractivity contribution is 0.604. The summed E-state index contributed by atoms with van der Waals surface area (Å²) in [5.74, 6) is 0. The van der Waals surface area contributed by atoms with Gasteiger partial charge in [-0.3, -0.25) is 4.79 Å². The maximum Gasteiger partial charge on any atom is 0.208 e. The van der Waals surface area contributed by atoms with Gasteiger partial charge in [-0.15, -0.1) is 0 Å². The highest BCUT2D eigenvalue weighted by Crippen LogP contribution is 2.14. The SMILES string of the molecule is O=c1c2ccccc2[nH]c2occc12. The Bertz CT molecular complexity index is 663. The van der Waals surface area contributed by atoms with Crippen LogP contribution in [-0.4, -0.2) is 4.98 Å². The van der Waals surface area contributed by atoms with E-state index in [0.29, 0.717) is 16.5 Å². The topological polar surface area (TPSA) is 46.0 Å². The Morgan fingerprint density at radius 2 is 1.93 bits per heavy atom. The molecule has 0 amide bonds. The molecule has 14 heavy (non-hydrogen) atoms. The Morgan fingerprint density at radius 3 is 2.86 bits per heavy atom. The lowest BCUT2D eigenvalue weighted by atomic mass is 10.2. The van der Waals surface area contributed by atoms with Crippen LogP contribution in [0.25, 0.3) is 22.0 Å². The van der Waals surface area contributed by atoms with Gasteiger partial charge in [-0.05, 0) is 18.2 Å². The van der Waals surface area contributed by atoms with E-state index < -0.39 is 0 Å². The number of benzene rings is 1. The fourth-order valence-electron chi connectivity index (χ4n) is 1.64. The summed E-state index contributed by atoms with van der Waals surface area (Å²) in [6.07, 6.45) is 1.52. The highest BCUT2D eigenvalue weighted by Gasteiger charge is 2.05. The molecule has 0 atom stereocenters. The number of aromatic amines is 1. The van der Waals surface area contributed by atoms with E-state index in [0.717, 1.165) is 5.52 Å². The number of H-pyrrole nitrogens is 1. The number of rotatable bonds is 0. The van der Waals surface area contributed by atoms with Crippen LogP contribution in [0.3, 0.4) is 0 Å². The molecule has 0 saturated carbocycles. The molecular weight excluding hydrogens is 178 g/mol. The summed E-state index contributed by atoms with van der Waals surface area (Å²) in [4.78, 5) is 14.9. The van der Waals surface area contributed by atoms with Crippen molar-refractivity contribution >= 4 is 22.0 Å². The summed E-state index contributed by atoms with van der Waals surface area (Å²) in [5.41, 5.74) is 1.36. The molecule has 0 fully saturated rings. The molecular formula is C11H7NO2. The molecule has 2 heterocycles. The second-order valence-corrected chi connectivity index (χ2v) is 3.16. The standard InChI is InChI=1S/C11H7NO2/c13-10-7-3-1-2-4-9(7)12-11-8(10)5-6-14-11/h1-6H,(H,12,13). The maximum absolute atomic E-state index is 11.9. The van der Waals surface area contributed by atoms with Crippen molar-refractivity contribution in [2.24, 2.45) is 0 Å². The lowest BCUT2D eigenvalue weighted by Gasteiger charge is -1.96. The van der Waals surface area contributed by atoms with E-state index in [-0.39, 0.29) is 5.43 Å². The van der Waals surface area contributed by atoms with Gasteiger partial charge in [0.2, 0.25) is 11.1 Å². The number of fused-ring (bicyclic) bond motifs is 2. The van der Waals surface area contributed by atoms with Crippen molar-refractivity contribution in [1.29, 1.82) is 0 Å². The van der Waals surface area contributed by atoms with E-state index >= 15 is 0 Å². The zero-order valence-electron chi connectivity index (χ0n) is 7.28. The van der Waals surface area contributed by atoms with Crippen molar-refractivity contribution in [1.82, 2.24) is 4.98 Å². The first kappa shape index (κ1) is 7.38. The first-order chi connectivity index (χ1) is 6.86. The summed E-state index contributed by atoms with van der Waals surface area (Å²) in [7, 11) is 0. The van der Waals surface area contributed by atoms with Crippen LogP contribution in [0.5, 0.6) is 0 Å². The molecule has 0 unspecified atom stereocenters. The molecule has 0 saturated heterocycles. The predicted molar refractivity (Wildman–Crippen MR) is 54.3 cm³/mol. The summed E-state index contributed by atoms with van der Waals surface area (Å²) >= 11 is 0. The summed E-state index contributed by atoms with van der Waals surface area (Å²) in [6.45, 7) is 0. The van der Waals surface area contributed by atoms with Gasteiger partial charge in [-0.2, -0.15) is 0 Å². The molecule has 3 nitrogen and oxygen atoms in total. The highest BCUT2D eigenvalue weighted by molar-refractivity contribution is 5.89. The van der Waals surface area contributed by atoms with Crippen molar-refractivity contribution in [3.8, 4) is 0 Å². The molecule has 0 aliphatic heterocycles. The molecule has 1 N–H and O–H groups in total. The normalized spacial score (nSPS) is 11.1. The van der Waals surface area contributed by atoms with Gasteiger partial charge in [0.05, 0.1) is 17.2 Å². The third-order valence-electron chi connectivity index (χ3n) is 2.33. The number of para-hydroxylation sites is 1.